The van der Waals surface area contributed by atoms with Gasteiger partial charge in [-0.05, 0) is 36.7 Å². The van der Waals surface area contributed by atoms with Crippen molar-refractivity contribution in [3.63, 3.8) is 0 Å². The third-order valence-corrected chi connectivity index (χ3v) is 4.76. The van der Waals surface area contributed by atoms with E-state index >= 15 is 0 Å². The SMILES string of the molecule is CCNC(Cc1cc(Br)ccc1F)C1(OC)CCOCC1. The molecule has 1 atom stereocenters. The predicted octanol–water partition coefficient (Wildman–Crippen LogP) is 3.30. The Morgan fingerprint density at radius 3 is 2.76 bits per heavy atom. The predicted molar refractivity (Wildman–Crippen MR) is 85.1 cm³/mol. The molecule has 0 amide bonds. The van der Waals surface area contributed by atoms with E-state index in [0.29, 0.717) is 25.2 Å². The van der Waals surface area contributed by atoms with E-state index in [1.54, 1.807) is 13.2 Å². The number of hydrogen-bond acceptors (Lipinski definition) is 3. The zero-order chi connectivity index (χ0) is 15.3. The molecule has 0 spiro atoms. The van der Waals surface area contributed by atoms with Gasteiger partial charge in [0.2, 0.25) is 0 Å². The third kappa shape index (κ3) is 4.03. The number of ether oxygens (including phenoxy) is 2. The second-order valence-corrected chi connectivity index (χ2v) is 6.35. The van der Waals surface area contributed by atoms with Crippen molar-refractivity contribution in [3.05, 3.63) is 34.1 Å². The molecule has 2 rings (SSSR count). The van der Waals surface area contributed by atoms with Crippen molar-refractivity contribution in [1.29, 1.82) is 0 Å². The van der Waals surface area contributed by atoms with Gasteiger partial charge in [-0.2, -0.15) is 0 Å². The van der Waals surface area contributed by atoms with Crippen molar-refractivity contribution in [3.8, 4) is 0 Å². The first kappa shape index (κ1) is 16.9. The summed E-state index contributed by atoms with van der Waals surface area (Å²) in [6.45, 7) is 4.27. The minimum Gasteiger partial charge on any atom is -0.381 e. The van der Waals surface area contributed by atoms with Crippen molar-refractivity contribution < 1.29 is 13.9 Å². The summed E-state index contributed by atoms with van der Waals surface area (Å²) in [7, 11) is 1.74. The number of hydrogen-bond donors (Lipinski definition) is 1. The zero-order valence-electron chi connectivity index (χ0n) is 12.6. The fraction of sp³-hybridized carbons (Fsp3) is 0.625. The van der Waals surface area contributed by atoms with Gasteiger partial charge in [-0.1, -0.05) is 22.9 Å². The summed E-state index contributed by atoms with van der Waals surface area (Å²) in [5.74, 6) is -0.167. The number of nitrogens with one attached hydrogen (secondary N) is 1. The Balaban J connectivity index is 2.23. The highest BCUT2D eigenvalue weighted by Crippen LogP contribution is 2.31. The van der Waals surface area contributed by atoms with E-state index in [9.17, 15) is 4.39 Å². The number of rotatable bonds is 6. The van der Waals surface area contributed by atoms with E-state index in [2.05, 4.69) is 28.2 Å². The Kier molecular flexibility index (Phi) is 6.17. The topological polar surface area (TPSA) is 30.5 Å². The summed E-state index contributed by atoms with van der Waals surface area (Å²) in [5.41, 5.74) is 0.418. The molecule has 1 N–H and O–H groups in total. The summed E-state index contributed by atoms with van der Waals surface area (Å²) in [6.07, 6.45) is 2.26. The van der Waals surface area contributed by atoms with Crippen molar-refractivity contribution in [2.45, 2.75) is 37.8 Å². The summed E-state index contributed by atoms with van der Waals surface area (Å²) < 4.78 is 26.3. The Hall–Kier alpha value is -0.490. The van der Waals surface area contributed by atoms with Gasteiger partial charge < -0.3 is 14.8 Å². The molecular formula is C16H23BrFNO2. The first-order chi connectivity index (χ1) is 10.1. The van der Waals surface area contributed by atoms with Crippen molar-refractivity contribution in [2.75, 3.05) is 26.9 Å². The van der Waals surface area contributed by atoms with Crippen LogP contribution in [0.3, 0.4) is 0 Å². The van der Waals surface area contributed by atoms with Crippen LogP contribution in [0.5, 0.6) is 0 Å². The molecule has 1 heterocycles. The van der Waals surface area contributed by atoms with Crippen molar-refractivity contribution >= 4 is 15.9 Å². The molecule has 0 aliphatic carbocycles. The van der Waals surface area contributed by atoms with Gasteiger partial charge in [-0.3, -0.25) is 0 Å². The molecule has 3 nitrogen and oxygen atoms in total. The first-order valence-corrected chi connectivity index (χ1v) is 8.21. The molecule has 1 aliphatic heterocycles. The molecule has 1 aromatic rings. The molecule has 118 valence electrons. The van der Waals surface area contributed by atoms with Crippen LogP contribution in [0, 0.1) is 5.82 Å². The molecule has 0 bridgehead atoms. The fourth-order valence-corrected chi connectivity index (χ4v) is 3.43. The van der Waals surface area contributed by atoms with Crippen LogP contribution >= 0.6 is 15.9 Å². The molecule has 1 unspecified atom stereocenters. The lowest BCUT2D eigenvalue weighted by atomic mass is 9.82. The van der Waals surface area contributed by atoms with Crippen LogP contribution in [-0.4, -0.2) is 38.5 Å². The number of halogens is 2. The quantitative estimate of drug-likeness (QED) is 0.845. The van der Waals surface area contributed by atoms with E-state index in [1.807, 2.05) is 6.07 Å². The lowest BCUT2D eigenvalue weighted by Gasteiger charge is -2.42. The molecule has 0 aromatic heterocycles. The van der Waals surface area contributed by atoms with Crippen LogP contribution in [-0.2, 0) is 15.9 Å². The lowest BCUT2D eigenvalue weighted by Crippen LogP contribution is -2.56. The van der Waals surface area contributed by atoms with Crippen LogP contribution in [0.2, 0.25) is 0 Å². The Bertz CT molecular complexity index is 464. The number of methoxy groups -OCH3 is 1. The fourth-order valence-electron chi connectivity index (χ4n) is 3.02. The monoisotopic (exact) mass is 359 g/mol. The molecule has 1 saturated heterocycles. The highest BCUT2D eigenvalue weighted by molar-refractivity contribution is 9.10. The van der Waals surface area contributed by atoms with Gasteiger partial charge in [0.1, 0.15) is 5.82 Å². The van der Waals surface area contributed by atoms with Crippen LogP contribution < -0.4 is 5.32 Å². The summed E-state index contributed by atoms with van der Waals surface area (Å²) >= 11 is 3.41. The minimum absolute atomic E-state index is 0.0696. The molecule has 1 aliphatic rings. The average molecular weight is 360 g/mol. The largest absolute Gasteiger partial charge is 0.381 e. The van der Waals surface area contributed by atoms with E-state index in [4.69, 9.17) is 9.47 Å². The van der Waals surface area contributed by atoms with Gasteiger partial charge >= 0.3 is 0 Å². The summed E-state index contributed by atoms with van der Waals surface area (Å²) in [6, 6.07) is 5.15. The molecule has 21 heavy (non-hydrogen) atoms. The highest BCUT2D eigenvalue weighted by atomic mass is 79.9. The van der Waals surface area contributed by atoms with E-state index in [-0.39, 0.29) is 17.5 Å². The smallest absolute Gasteiger partial charge is 0.126 e. The van der Waals surface area contributed by atoms with Crippen molar-refractivity contribution in [1.82, 2.24) is 5.32 Å². The Morgan fingerprint density at radius 2 is 2.14 bits per heavy atom. The van der Waals surface area contributed by atoms with Gasteiger partial charge in [0.25, 0.3) is 0 Å². The molecule has 5 heteroatoms. The first-order valence-electron chi connectivity index (χ1n) is 7.41. The molecule has 0 radical (unpaired) electrons. The normalized spacial score (nSPS) is 19.4. The zero-order valence-corrected chi connectivity index (χ0v) is 14.2. The molecular weight excluding hydrogens is 337 g/mol. The van der Waals surface area contributed by atoms with Crippen molar-refractivity contribution in [2.24, 2.45) is 0 Å². The Morgan fingerprint density at radius 1 is 1.43 bits per heavy atom. The standard InChI is InChI=1S/C16H23BrFNO2/c1-3-19-15(16(20-2)6-8-21-9-7-16)11-12-10-13(17)4-5-14(12)18/h4-5,10,15,19H,3,6-9,11H2,1-2H3. The highest BCUT2D eigenvalue weighted by Gasteiger charge is 2.40. The van der Waals surface area contributed by atoms with Gasteiger partial charge in [0.05, 0.1) is 5.60 Å². The summed E-state index contributed by atoms with van der Waals surface area (Å²) in [5, 5.41) is 3.48. The third-order valence-electron chi connectivity index (χ3n) is 4.26. The Labute approximate surface area is 134 Å². The minimum atomic E-state index is -0.289. The maximum atomic E-state index is 14.1. The average Bonchev–Trinajstić information content (AvgIpc) is 2.51. The lowest BCUT2D eigenvalue weighted by molar-refractivity contribution is -0.110. The molecule has 0 saturated carbocycles. The van der Waals surface area contributed by atoms with E-state index < -0.39 is 0 Å². The van der Waals surface area contributed by atoms with E-state index in [0.717, 1.165) is 23.9 Å². The number of benzene rings is 1. The van der Waals surface area contributed by atoms with Crippen LogP contribution in [0.1, 0.15) is 25.3 Å². The van der Waals surface area contributed by atoms with Gasteiger partial charge in [0.15, 0.2) is 0 Å². The van der Waals surface area contributed by atoms with Crippen LogP contribution in [0.15, 0.2) is 22.7 Å². The van der Waals surface area contributed by atoms with Crippen LogP contribution in [0.25, 0.3) is 0 Å². The molecule has 1 fully saturated rings. The van der Waals surface area contributed by atoms with Gasteiger partial charge in [-0.15, -0.1) is 0 Å². The maximum Gasteiger partial charge on any atom is 0.126 e. The van der Waals surface area contributed by atoms with Crippen LogP contribution in [0.4, 0.5) is 4.39 Å². The second kappa shape index (κ2) is 7.68. The van der Waals surface area contributed by atoms with Gasteiger partial charge in [-0.25, -0.2) is 4.39 Å². The number of likely N-dealkylation sites (N-methyl/N-ethyl adjacent to an activating group) is 1. The summed E-state index contributed by atoms with van der Waals surface area (Å²) in [4.78, 5) is 0. The molecule has 1 aromatic carbocycles. The van der Waals surface area contributed by atoms with E-state index in [1.165, 1.54) is 6.07 Å². The second-order valence-electron chi connectivity index (χ2n) is 5.43. The maximum absolute atomic E-state index is 14.1. The van der Waals surface area contributed by atoms with Gasteiger partial charge in [0, 0.05) is 43.7 Å².